The van der Waals surface area contributed by atoms with Crippen molar-refractivity contribution < 1.29 is 4.79 Å². The molecule has 0 aliphatic heterocycles. The largest absolute Gasteiger partial charge is 0.303 e. The lowest BCUT2D eigenvalue weighted by Gasteiger charge is -2.27. The Morgan fingerprint density at radius 1 is 0.810 bits per heavy atom. The summed E-state index contributed by atoms with van der Waals surface area (Å²) in [5, 5.41) is 0. The number of carbonyl (C=O) groups excluding carboxylic acids is 1. The summed E-state index contributed by atoms with van der Waals surface area (Å²) in [6, 6.07) is 0. The Kier molecular flexibility index (Phi) is 7.82. The molecule has 2 saturated carbocycles. The number of hydrogen-bond donors (Lipinski definition) is 0. The van der Waals surface area contributed by atoms with E-state index in [1.54, 1.807) is 0 Å². The summed E-state index contributed by atoms with van der Waals surface area (Å²) in [5.74, 6) is 3.27. The van der Waals surface area contributed by atoms with Gasteiger partial charge in [0, 0.05) is 5.92 Å². The summed E-state index contributed by atoms with van der Waals surface area (Å²) in [7, 11) is 0. The summed E-state index contributed by atoms with van der Waals surface area (Å²) < 4.78 is 0. The third kappa shape index (κ3) is 6.53. The van der Waals surface area contributed by atoms with Crippen molar-refractivity contribution >= 4 is 6.29 Å². The highest BCUT2D eigenvalue weighted by atomic mass is 16.1. The summed E-state index contributed by atoms with van der Waals surface area (Å²) >= 11 is 0. The van der Waals surface area contributed by atoms with Crippen LogP contribution in [0.3, 0.4) is 0 Å². The van der Waals surface area contributed by atoms with E-state index in [4.69, 9.17) is 0 Å². The minimum atomic E-state index is 0.386. The summed E-state index contributed by atoms with van der Waals surface area (Å²) in [5.41, 5.74) is 0. The van der Waals surface area contributed by atoms with E-state index in [0.717, 1.165) is 24.2 Å². The SMILES string of the molecule is CC1CCCC(CCCCCCC2CCCC(C=O)C2)C1. The zero-order chi connectivity index (χ0) is 14.9. The van der Waals surface area contributed by atoms with Crippen molar-refractivity contribution in [2.75, 3.05) is 0 Å². The van der Waals surface area contributed by atoms with Crippen molar-refractivity contribution in [3.05, 3.63) is 0 Å². The zero-order valence-electron chi connectivity index (χ0n) is 14.2. The molecule has 1 heteroatoms. The molecule has 1 nitrogen and oxygen atoms in total. The summed E-state index contributed by atoms with van der Waals surface area (Å²) in [6.45, 7) is 2.43. The van der Waals surface area contributed by atoms with Gasteiger partial charge in [0.1, 0.15) is 6.29 Å². The van der Waals surface area contributed by atoms with Crippen LogP contribution in [0.1, 0.15) is 96.8 Å². The second kappa shape index (κ2) is 9.64. The molecule has 0 heterocycles. The van der Waals surface area contributed by atoms with Crippen LogP contribution in [0.4, 0.5) is 0 Å². The van der Waals surface area contributed by atoms with E-state index < -0.39 is 0 Å². The standard InChI is InChI=1S/C20H36O/c1-17-8-6-11-18(14-17)9-4-2-3-5-10-19-12-7-13-20(15-19)16-21/h16-20H,2-15H2,1H3. The van der Waals surface area contributed by atoms with Crippen molar-refractivity contribution in [1.29, 1.82) is 0 Å². The maximum absolute atomic E-state index is 10.9. The quantitative estimate of drug-likeness (QED) is 0.387. The predicted octanol–water partition coefficient (Wildman–Crippen LogP) is 6.16. The Morgan fingerprint density at radius 3 is 2.05 bits per heavy atom. The van der Waals surface area contributed by atoms with Gasteiger partial charge in [-0.25, -0.2) is 0 Å². The van der Waals surface area contributed by atoms with Gasteiger partial charge in [-0.05, 0) is 37.0 Å². The molecule has 4 atom stereocenters. The Balaban J connectivity index is 1.45. The van der Waals surface area contributed by atoms with Crippen LogP contribution in [0.5, 0.6) is 0 Å². The van der Waals surface area contributed by atoms with Gasteiger partial charge in [0.2, 0.25) is 0 Å². The molecule has 2 aliphatic rings. The van der Waals surface area contributed by atoms with Gasteiger partial charge in [-0.1, -0.05) is 77.6 Å². The second-order valence-electron chi connectivity index (χ2n) is 8.06. The molecule has 0 bridgehead atoms. The molecule has 0 radical (unpaired) electrons. The average Bonchev–Trinajstić information content (AvgIpc) is 2.51. The number of carbonyl (C=O) groups is 1. The van der Waals surface area contributed by atoms with Crippen molar-refractivity contribution in [3.8, 4) is 0 Å². The molecular formula is C20H36O. The van der Waals surface area contributed by atoms with Gasteiger partial charge in [0.25, 0.3) is 0 Å². The normalized spacial score (nSPS) is 33.8. The molecule has 21 heavy (non-hydrogen) atoms. The van der Waals surface area contributed by atoms with Crippen LogP contribution in [0.25, 0.3) is 0 Å². The van der Waals surface area contributed by atoms with E-state index in [9.17, 15) is 4.79 Å². The fourth-order valence-corrected chi connectivity index (χ4v) is 4.76. The molecular weight excluding hydrogens is 256 g/mol. The Hall–Kier alpha value is -0.330. The topological polar surface area (TPSA) is 17.1 Å². The first-order valence-corrected chi connectivity index (χ1v) is 9.73. The monoisotopic (exact) mass is 292 g/mol. The minimum absolute atomic E-state index is 0.386. The molecule has 0 aromatic rings. The third-order valence-corrected chi connectivity index (χ3v) is 6.04. The van der Waals surface area contributed by atoms with Gasteiger partial charge >= 0.3 is 0 Å². The maximum Gasteiger partial charge on any atom is 0.123 e. The van der Waals surface area contributed by atoms with E-state index in [2.05, 4.69) is 6.92 Å². The Bertz CT molecular complexity index is 286. The number of rotatable bonds is 8. The fourth-order valence-electron chi connectivity index (χ4n) is 4.76. The lowest BCUT2D eigenvalue weighted by atomic mass is 9.79. The van der Waals surface area contributed by atoms with Gasteiger partial charge in [-0.3, -0.25) is 0 Å². The van der Waals surface area contributed by atoms with Gasteiger partial charge in [-0.2, -0.15) is 0 Å². The predicted molar refractivity (Wildman–Crippen MR) is 90.3 cm³/mol. The van der Waals surface area contributed by atoms with Gasteiger partial charge in [-0.15, -0.1) is 0 Å². The molecule has 0 N–H and O–H groups in total. The Labute approximate surface area is 132 Å². The molecule has 0 amide bonds. The minimum Gasteiger partial charge on any atom is -0.303 e. The van der Waals surface area contributed by atoms with Gasteiger partial charge < -0.3 is 4.79 Å². The van der Waals surface area contributed by atoms with Crippen LogP contribution in [0, 0.1) is 23.7 Å². The van der Waals surface area contributed by atoms with Crippen LogP contribution < -0.4 is 0 Å². The lowest BCUT2D eigenvalue weighted by Crippen LogP contribution is -2.16. The molecule has 0 spiro atoms. The number of hydrogen-bond acceptors (Lipinski definition) is 1. The van der Waals surface area contributed by atoms with E-state index in [-0.39, 0.29) is 0 Å². The van der Waals surface area contributed by atoms with E-state index in [0.29, 0.717) is 5.92 Å². The molecule has 0 aromatic carbocycles. The van der Waals surface area contributed by atoms with Crippen LogP contribution >= 0.6 is 0 Å². The first-order valence-electron chi connectivity index (χ1n) is 9.73. The second-order valence-corrected chi connectivity index (χ2v) is 8.06. The first-order chi connectivity index (χ1) is 10.3. The fraction of sp³-hybridized carbons (Fsp3) is 0.950. The van der Waals surface area contributed by atoms with Crippen molar-refractivity contribution in [3.63, 3.8) is 0 Å². The third-order valence-electron chi connectivity index (χ3n) is 6.04. The smallest absolute Gasteiger partial charge is 0.123 e. The van der Waals surface area contributed by atoms with Crippen molar-refractivity contribution in [2.24, 2.45) is 23.7 Å². The lowest BCUT2D eigenvalue weighted by molar-refractivity contribution is -0.112. The molecule has 0 saturated heterocycles. The molecule has 4 unspecified atom stereocenters. The molecule has 2 rings (SSSR count). The highest BCUT2D eigenvalue weighted by Crippen LogP contribution is 2.33. The highest BCUT2D eigenvalue weighted by Gasteiger charge is 2.21. The maximum atomic E-state index is 10.9. The first kappa shape index (κ1) is 17.0. The van der Waals surface area contributed by atoms with E-state index in [1.807, 2.05) is 0 Å². The van der Waals surface area contributed by atoms with E-state index in [1.165, 1.54) is 89.8 Å². The average molecular weight is 293 g/mol. The van der Waals surface area contributed by atoms with E-state index >= 15 is 0 Å². The molecule has 0 aromatic heterocycles. The zero-order valence-corrected chi connectivity index (χ0v) is 14.2. The summed E-state index contributed by atoms with van der Waals surface area (Å²) in [4.78, 5) is 10.9. The molecule has 2 fully saturated rings. The van der Waals surface area contributed by atoms with Gasteiger partial charge in [0.05, 0.1) is 0 Å². The van der Waals surface area contributed by atoms with Crippen LogP contribution in [0.2, 0.25) is 0 Å². The van der Waals surface area contributed by atoms with Crippen molar-refractivity contribution in [1.82, 2.24) is 0 Å². The van der Waals surface area contributed by atoms with Gasteiger partial charge in [0.15, 0.2) is 0 Å². The van der Waals surface area contributed by atoms with Crippen molar-refractivity contribution in [2.45, 2.75) is 96.8 Å². The van der Waals surface area contributed by atoms with Crippen LogP contribution in [-0.2, 0) is 4.79 Å². The highest BCUT2D eigenvalue weighted by molar-refractivity contribution is 5.53. The van der Waals surface area contributed by atoms with Crippen LogP contribution in [0.15, 0.2) is 0 Å². The van der Waals surface area contributed by atoms with Crippen LogP contribution in [-0.4, -0.2) is 6.29 Å². The molecule has 2 aliphatic carbocycles. The number of aldehydes is 1. The molecule has 122 valence electrons. The summed E-state index contributed by atoms with van der Waals surface area (Å²) in [6.07, 6.45) is 20.7. The Morgan fingerprint density at radius 2 is 1.43 bits per heavy atom. The number of unbranched alkanes of at least 4 members (excludes halogenated alkanes) is 3.